The summed E-state index contributed by atoms with van der Waals surface area (Å²) in [7, 11) is 0. The van der Waals surface area contributed by atoms with E-state index < -0.39 is 0 Å². The molecule has 0 bridgehead atoms. The molecule has 2 saturated heterocycles. The van der Waals surface area contributed by atoms with Crippen molar-refractivity contribution in [2.45, 2.75) is 51.4 Å². The molecule has 0 saturated carbocycles. The van der Waals surface area contributed by atoms with Crippen LogP contribution in [0.3, 0.4) is 0 Å². The van der Waals surface area contributed by atoms with Gasteiger partial charge in [0.1, 0.15) is 0 Å². The van der Waals surface area contributed by atoms with Gasteiger partial charge in [0, 0.05) is 31.6 Å². The lowest BCUT2D eigenvalue weighted by Crippen LogP contribution is -2.45. The third-order valence-electron chi connectivity index (χ3n) is 6.49. The van der Waals surface area contributed by atoms with Gasteiger partial charge in [0.15, 0.2) is 0 Å². The van der Waals surface area contributed by atoms with Gasteiger partial charge in [0.25, 0.3) is 0 Å². The van der Waals surface area contributed by atoms with E-state index in [9.17, 15) is 4.79 Å². The zero-order valence-corrected chi connectivity index (χ0v) is 17.6. The van der Waals surface area contributed by atoms with E-state index in [2.05, 4.69) is 48.7 Å². The summed E-state index contributed by atoms with van der Waals surface area (Å²) in [6, 6.07) is 8.60. The molecular formula is C22H35ClN2O2. The van der Waals surface area contributed by atoms with Crippen LogP contribution in [0, 0.1) is 18.8 Å². The number of piperidine rings is 1. The van der Waals surface area contributed by atoms with Crippen molar-refractivity contribution >= 4 is 18.3 Å². The minimum atomic E-state index is 0. The average molecular weight is 395 g/mol. The fraction of sp³-hybridized carbons (Fsp3) is 0.682. The summed E-state index contributed by atoms with van der Waals surface area (Å²) in [5.41, 5.74) is 2.69. The first kappa shape index (κ1) is 22.2. The Balaban J connectivity index is 0.00000261. The molecule has 0 radical (unpaired) electrons. The molecule has 1 aromatic carbocycles. The van der Waals surface area contributed by atoms with Gasteiger partial charge in [-0.15, -0.1) is 12.4 Å². The third kappa shape index (κ3) is 5.69. The summed E-state index contributed by atoms with van der Waals surface area (Å²) in [5, 5.41) is 6.69. The van der Waals surface area contributed by atoms with Gasteiger partial charge in [-0.3, -0.25) is 4.79 Å². The normalized spacial score (nSPS) is 21.1. The molecule has 1 unspecified atom stereocenters. The summed E-state index contributed by atoms with van der Waals surface area (Å²) in [6.07, 6.45) is 4.98. The van der Waals surface area contributed by atoms with Gasteiger partial charge < -0.3 is 15.4 Å². The molecule has 152 valence electrons. The maximum atomic E-state index is 12.6. The number of carbonyl (C=O) groups excluding carboxylic acids is 1. The number of amides is 1. The number of hydrogen-bond acceptors (Lipinski definition) is 3. The Morgan fingerprint density at radius 3 is 2.59 bits per heavy atom. The topological polar surface area (TPSA) is 50.4 Å². The second-order valence-electron chi connectivity index (χ2n) is 8.25. The van der Waals surface area contributed by atoms with Crippen molar-refractivity contribution < 1.29 is 9.53 Å². The van der Waals surface area contributed by atoms with Gasteiger partial charge in [-0.05, 0) is 68.7 Å². The standard InChI is InChI=1S/C22H34N2O2.ClH/c1-17-5-3-4-6-20(17)22(9-13-26-14-10-22)16-24-21(25)15-18(2)19-7-11-23-12-8-19;/h3-6,18-19,23H,7-16H2,1-2H3,(H,24,25);1H. The van der Waals surface area contributed by atoms with Gasteiger partial charge in [-0.2, -0.15) is 0 Å². The molecule has 0 spiro atoms. The second kappa shape index (κ2) is 10.4. The summed E-state index contributed by atoms with van der Waals surface area (Å²) in [5.74, 6) is 1.34. The van der Waals surface area contributed by atoms with Crippen molar-refractivity contribution in [3.05, 3.63) is 35.4 Å². The van der Waals surface area contributed by atoms with Crippen LogP contribution in [-0.4, -0.2) is 38.8 Å². The van der Waals surface area contributed by atoms with Crippen molar-refractivity contribution in [3.63, 3.8) is 0 Å². The zero-order valence-electron chi connectivity index (χ0n) is 16.8. The highest BCUT2D eigenvalue weighted by molar-refractivity contribution is 5.85. The van der Waals surface area contributed by atoms with Crippen molar-refractivity contribution in [2.24, 2.45) is 11.8 Å². The Hall–Kier alpha value is -1.10. The second-order valence-corrected chi connectivity index (χ2v) is 8.25. The predicted molar refractivity (Wildman–Crippen MR) is 113 cm³/mol. The highest BCUT2D eigenvalue weighted by Gasteiger charge is 2.36. The molecular weight excluding hydrogens is 360 g/mol. The molecule has 1 atom stereocenters. The maximum Gasteiger partial charge on any atom is 0.220 e. The molecule has 2 fully saturated rings. The SMILES string of the molecule is Cc1ccccc1C1(CNC(=O)CC(C)C2CCNCC2)CCOCC1.Cl. The van der Waals surface area contributed by atoms with Crippen LogP contribution < -0.4 is 10.6 Å². The van der Waals surface area contributed by atoms with Crippen LogP contribution in [0.25, 0.3) is 0 Å². The highest BCUT2D eigenvalue weighted by atomic mass is 35.5. The van der Waals surface area contributed by atoms with E-state index in [-0.39, 0.29) is 23.7 Å². The highest BCUT2D eigenvalue weighted by Crippen LogP contribution is 2.36. The fourth-order valence-corrected chi connectivity index (χ4v) is 4.68. The van der Waals surface area contributed by atoms with E-state index in [1.165, 1.54) is 24.0 Å². The number of hydrogen-bond donors (Lipinski definition) is 2. The van der Waals surface area contributed by atoms with Crippen LogP contribution in [0.4, 0.5) is 0 Å². The average Bonchev–Trinajstić information content (AvgIpc) is 2.68. The van der Waals surface area contributed by atoms with Crippen LogP contribution in [0.5, 0.6) is 0 Å². The van der Waals surface area contributed by atoms with Gasteiger partial charge >= 0.3 is 0 Å². The monoisotopic (exact) mass is 394 g/mol. The minimum Gasteiger partial charge on any atom is -0.381 e. The van der Waals surface area contributed by atoms with Crippen molar-refractivity contribution in [3.8, 4) is 0 Å². The Labute approximate surface area is 170 Å². The van der Waals surface area contributed by atoms with Gasteiger partial charge in [0.05, 0.1) is 0 Å². The predicted octanol–water partition coefficient (Wildman–Crippen LogP) is 3.61. The molecule has 0 aliphatic carbocycles. The van der Waals surface area contributed by atoms with E-state index in [0.29, 0.717) is 18.3 Å². The summed E-state index contributed by atoms with van der Waals surface area (Å²) < 4.78 is 5.62. The van der Waals surface area contributed by atoms with Gasteiger partial charge in [-0.1, -0.05) is 31.2 Å². The molecule has 3 rings (SSSR count). The van der Waals surface area contributed by atoms with E-state index in [1.54, 1.807) is 0 Å². The number of aryl methyl sites for hydroxylation is 1. The van der Waals surface area contributed by atoms with Crippen LogP contribution in [-0.2, 0) is 14.9 Å². The zero-order chi connectivity index (χ0) is 18.4. The first-order valence-corrected chi connectivity index (χ1v) is 10.2. The molecule has 1 amide bonds. The fourth-order valence-electron chi connectivity index (χ4n) is 4.68. The Morgan fingerprint density at radius 1 is 1.26 bits per heavy atom. The Bertz CT molecular complexity index is 596. The first-order valence-electron chi connectivity index (χ1n) is 10.2. The van der Waals surface area contributed by atoms with E-state index in [4.69, 9.17) is 4.74 Å². The van der Waals surface area contributed by atoms with Crippen molar-refractivity contribution in [1.29, 1.82) is 0 Å². The van der Waals surface area contributed by atoms with E-state index in [0.717, 1.165) is 45.7 Å². The summed E-state index contributed by atoms with van der Waals surface area (Å²) >= 11 is 0. The molecule has 4 nitrogen and oxygen atoms in total. The summed E-state index contributed by atoms with van der Waals surface area (Å²) in [6.45, 7) is 8.86. The quantitative estimate of drug-likeness (QED) is 0.774. The van der Waals surface area contributed by atoms with E-state index >= 15 is 0 Å². The lowest BCUT2D eigenvalue weighted by Gasteiger charge is -2.39. The number of halogens is 1. The Morgan fingerprint density at radius 2 is 1.93 bits per heavy atom. The lowest BCUT2D eigenvalue weighted by molar-refractivity contribution is -0.122. The van der Waals surface area contributed by atoms with Crippen molar-refractivity contribution in [2.75, 3.05) is 32.8 Å². The molecule has 1 aromatic rings. The van der Waals surface area contributed by atoms with Crippen LogP contribution in [0.1, 0.15) is 50.2 Å². The number of benzene rings is 1. The van der Waals surface area contributed by atoms with Crippen LogP contribution >= 0.6 is 12.4 Å². The number of rotatable bonds is 6. The largest absolute Gasteiger partial charge is 0.381 e. The third-order valence-corrected chi connectivity index (χ3v) is 6.49. The molecule has 2 aliphatic rings. The minimum absolute atomic E-state index is 0. The molecule has 0 aromatic heterocycles. The molecule has 5 heteroatoms. The first-order chi connectivity index (χ1) is 12.6. The van der Waals surface area contributed by atoms with Crippen LogP contribution in [0.2, 0.25) is 0 Å². The van der Waals surface area contributed by atoms with Crippen molar-refractivity contribution in [1.82, 2.24) is 10.6 Å². The lowest BCUT2D eigenvalue weighted by atomic mass is 9.72. The number of carbonyl (C=O) groups is 1. The summed E-state index contributed by atoms with van der Waals surface area (Å²) in [4.78, 5) is 12.6. The number of ether oxygens (including phenoxy) is 1. The molecule has 27 heavy (non-hydrogen) atoms. The van der Waals surface area contributed by atoms with Gasteiger partial charge in [0.2, 0.25) is 5.91 Å². The van der Waals surface area contributed by atoms with Gasteiger partial charge in [-0.25, -0.2) is 0 Å². The molecule has 2 heterocycles. The Kier molecular flexibility index (Phi) is 8.59. The molecule has 2 aliphatic heterocycles. The maximum absolute atomic E-state index is 12.6. The number of nitrogens with one attached hydrogen (secondary N) is 2. The van der Waals surface area contributed by atoms with Crippen LogP contribution in [0.15, 0.2) is 24.3 Å². The molecule has 2 N–H and O–H groups in total. The van der Waals surface area contributed by atoms with E-state index in [1.807, 2.05) is 0 Å². The smallest absolute Gasteiger partial charge is 0.220 e.